The zero-order valence-corrected chi connectivity index (χ0v) is 15.6. The first-order valence-corrected chi connectivity index (χ1v) is 9.25. The van der Waals surface area contributed by atoms with Crippen LogP contribution in [0.2, 0.25) is 0 Å². The lowest BCUT2D eigenvalue weighted by atomic mass is 10.0. The SMILES string of the molecule is CCC(C)c1cc(C(=O)NCC2CCOC2)c2cnn(C(C)C)c2n1. The molecule has 3 rings (SSSR count). The molecule has 0 saturated carbocycles. The number of pyridine rings is 1. The molecule has 6 heteroatoms. The molecule has 1 fully saturated rings. The summed E-state index contributed by atoms with van der Waals surface area (Å²) in [7, 11) is 0. The van der Waals surface area contributed by atoms with Crippen molar-refractivity contribution in [3.63, 3.8) is 0 Å². The van der Waals surface area contributed by atoms with Crippen molar-refractivity contribution in [1.82, 2.24) is 20.1 Å². The zero-order chi connectivity index (χ0) is 18.0. The van der Waals surface area contributed by atoms with Gasteiger partial charge in [-0.1, -0.05) is 13.8 Å². The van der Waals surface area contributed by atoms with Gasteiger partial charge < -0.3 is 10.1 Å². The van der Waals surface area contributed by atoms with Crippen LogP contribution in [0.3, 0.4) is 0 Å². The van der Waals surface area contributed by atoms with Crippen LogP contribution in [0, 0.1) is 5.92 Å². The topological polar surface area (TPSA) is 69.0 Å². The maximum absolute atomic E-state index is 12.8. The van der Waals surface area contributed by atoms with Crippen molar-refractivity contribution < 1.29 is 9.53 Å². The second kappa shape index (κ2) is 7.52. The Bertz CT molecular complexity index is 747. The lowest BCUT2D eigenvalue weighted by Gasteiger charge is -2.14. The summed E-state index contributed by atoms with van der Waals surface area (Å²) >= 11 is 0. The van der Waals surface area contributed by atoms with Gasteiger partial charge in [0.2, 0.25) is 0 Å². The minimum Gasteiger partial charge on any atom is -0.381 e. The Labute approximate surface area is 149 Å². The van der Waals surface area contributed by atoms with Gasteiger partial charge in [-0.25, -0.2) is 9.67 Å². The van der Waals surface area contributed by atoms with E-state index >= 15 is 0 Å². The van der Waals surface area contributed by atoms with Crippen molar-refractivity contribution in [1.29, 1.82) is 0 Å². The Morgan fingerprint density at radius 1 is 1.44 bits per heavy atom. The highest BCUT2D eigenvalue weighted by Gasteiger charge is 2.21. The van der Waals surface area contributed by atoms with Gasteiger partial charge in [0.05, 0.1) is 23.8 Å². The van der Waals surface area contributed by atoms with Crippen molar-refractivity contribution in [2.45, 2.75) is 52.5 Å². The number of ether oxygens (including phenoxy) is 1. The van der Waals surface area contributed by atoms with Crippen molar-refractivity contribution in [2.24, 2.45) is 5.92 Å². The number of hydrogen-bond donors (Lipinski definition) is 1. The number of nitrogens with one attached hydrogen (secondary N) is 1. The fourth-order valence-corrected chi connectivity index (χ4v) is 3.14. The molecular formula is C19H28N4O2. The average Bonchev–Trinajstić information content (AvgIpc) is 3.27. The molecule has 0 aliphatic carbocycles. The summed E-state index contributed by atoms with van der Waals surface area (Å²) in [5.74, 6) is 0.663. The third-order valence-electron chi connectivity index (χ3n) is 5.01. The molecular weight excluding hydrogens is 316 g/mol. The fraction of sp³-hybridized carbons (Fsp3) is 0.632. The van der Waals surface area contributed by atoms with Crippen LogP contribution < -0.4 is 5.32 Å². The lowest BCUT2D eigenvalue weighted by molar-refractivity contribution is 0.0946. The van der Waals surface area contributed by atoms with Crippen molar-refractivity contribution in [3.8, 4) is 0 Å². The molecule has 0 spiro atoms. The number of hydrogen-bond acceptors (Lipinski definition) is 4. The van der Waals surface area contributed by atoms with E-state index < -0.39 is 0 Å². The summed E-state index contributed by atoms with van der Waals surface area (Å²) in [6, 6.07) is 2.13. The summed E-state index contributed by atoms with van der Waals surface area (Å²) in [4.78, 5) is 17.6. The molecule has 2 atom stereocenters. The monoisotopic (exact) mass is 344 g/mol. The highest BCUT2D eigenvalue weighted by molar-refractivity contribution is 6.05. The molecule has 1 saturated heterocycles. The fourth-order valence-electron chi connectivity index (χ4n) is 3.14. The van der Waals surface area contributed by atoms with E-state index in [0.717, 1.165) is 42.8 Å². The zero-order valence-electron chi connectivity index (χ0n) is 15.6. The van der Waals surface area contributed by atoms with E-state index in [2.05, 4.69) is 38.1 Å². The largest absolute Gasteiger partial charge is 0.381 e. The molecule has 136 valence electrons. The molecule has 0 bridgehead atoms. The summed E-state index contributed by atoms with van der Waals surface area (Å²) in [5, 5.41) is 8.35. The number of nitrogens with zero attached hydrogens (tertiary/aromatic N) is 3. The number of carbonyl (C=O) groups is 1. The molecule has 25 heavy (non-hydrogen) atoms. The minimum absolute atomic E-state index is 0.0489. The van der Waals surface area contributed by atoms with Crippen LogP contribution in [-0.4, -0.2) is 40.4 Å². The number of rotatable bonds is 6. The van der Waals surface area contributed by atoms with E-state index in [9.17, 15) is 4.79 Å². The van der Waals surface area contributed by atoms with Crippen LogP contribution in [0.1, 0.15) is 68.5 Å². The van der Waals surface area contributed by atoms with Crippen molar-refractivity contribution in [3.05, 3.63) is 23.5 Å². The second-order valence-corrected chi connectivity index (χ2v) is 7.26. The van der Waals surface area contributed by atoms with Gasteiger partial charge in [-0.2, -0.15) is 5.10 Å². The number of aromatic nitrogens is 3. The van der Waals surface area contributed by atoms with Gasteiger partial charge in [-0.3, -0.25) is 4.79 Å². The molecule has 0 aromatic carbocycles. The molecule has 1 N–H and O–H groups in total. The molecule has 2 aromatic heterocycles. The van der Waals surface area contributed by atoms with Gasteiger partial charge in [0, 0.05) is 30.8 Å². The lowest BCUT2D eigenvalue weighted by Crippen LogP contribution is -2.29. The maximum Gasteiger partial charge on any atom is 0.252 e. The molecule has 1 aliphatic rings. The first-order chi connectivity index (χ1) is 12.0. The number of carbonyl (C=O) groups excluding carboxylic acids is 1. The summed E-state index contributed by atoms with van der Waals surface area (Å²) in [6.07, 6.45) is 3.75. The maximum atomic E-state index is 12.8. The molecule has 6 nitrogen and oxygen atoms in total. The Morgan fingerprint density at radius 2 is 2.24 bits per heavy atom. The summed E-state index contributed by atoms with van der Waals surface area (Å²) in [5.41, 5.74) is 2.42. The van der Waals surface area contributed by atoms with E-state index in [1.165, 1.54) is 0 Å². The van der Waals surface area contributed by atoms with E-state index in [-0.39, 0.29) is 11.9 Å². The third-order valence-corrected chi connectivity index (χ3v) is 5.01. The van der Waals surface area contributed by atoms with Gasteiger partial charge in [0.15, 0.2) is 5.65 Å². The molecule has 3 heterocycles. The highest BCUT2D eigenvalue weighted by atomic mass is 16.5. The predicted molar refractivity (Wildman–Crippen MR) is 97.9 cm³/mol. The first kappa shape index (κ1) is 17.9. The van der Waals surface area contributed by atoms with Crippen LogP contribution >= 0.6 is 0 Å². The van der Waals surface area contributed by atoms with Crippen LogP contribution in [0.25, 0.3) is 11.0 Å². The number of amides is 1. The molecule has 0 radical (unpaired) electrons. The molecule has 1 amide bonds. The Balaban J connectivity index is 1.95. The quantitative estimate of drug-likeness (QED) is 0.873. The highest BCUT2D eigenvalue weighted by Crippen LogP contribution is 2.26. The van der Waals surface area contributed by atoms with Crippen LogP contribution in [0.15, 0.2) is 12.3 Å². The van der Waals surface area contributed by atoms with E-state index in [4.69, 9.17) is 9.72 Å². The van der Waals surface area contributed by atoms with Crippen molar-refractivity contribution in [2.75, 3.05) is 19.8 Å². The van der Waals surface area contributed by atoms with Gasteiger partial charge >= 0.3 is 0 Å². The summed E-state index contributed by atoms with van der Waals surface area (Å²) in [6.45, 7) is 10.6. The van der Waals surface area contributed by atoms with E-state index in [1.807, 2.05) is 10.7 Å². The smallest absolute Gasteiger partial charge is 0.252 e. The van der Waals surface area contributed by atoms with Gasteiger partial charge in [-0.15, -0.1) is 0 Å². The normalized spacial score (nSPS) is 18.8. The second-order valence-electron chi connectivity index (χ2n) is 7.26. The first-order valence-electron chi connectivity index (χ1n) is 9.25. The van der Waals surface area contributed by atoms with Crippen LogP contribution in [-0.2, 0) is 4.74 Å². The minimum atomic E-state index is -0.0489. The third kappa shape index (κ3) is 3.68. The van der Waals surface area contributed by atoms with E-state index in [0.29, 0.717) is 23.9 Å². The Hall–Kier alpha value is -1.95. The molecule has 1 aliphatic heterocycles. The standard InChI is InChI=1S/C19H28N4O2/c1-5-13(4)17-8-15(19(24)20-9-14-6-7-25-11-14)16-10-21-23(12(2)3)18(16)22-17/h8,10,12-14H,5-7,9,11H2,1-4H3,(H,20,24). The Kier molecular flexibility index (Phi) is 5.37. The number of fused-ring (bicyclic) bond motifs is 1. The molecule has 2 unspecified atom stereocenters. The van der Waals surface area contributed by atoms with Gasteiger partial charge in [0.25, 0.3) is 5.91 Å². The van der Waals surface area contributed by atoms with Gasteiger partial charge in [-0.05, 0) is 38.7 Å². The average molecular weight is 344 g/mol. The Morgan fingerprint density at radius 3 is 2.88 bits per heavy atom. The van der Waals surface area contributed by atoms with Gasteiger partial charge in [0.1, 0.15) is 0 Å². The van der Waals surface area contributed by atoms with Crippen LogP contribution in [0.4, 0.5) is 0 Å². The predicted octanol–water partition coefficient (Wildman–Crippen LogP) is 3.29. The van der Waals surface area contributed by atoms with Crippen LogP contribution in [0.5, 0.6) is 0 Å². The van der Waals surface area contributed by atoms with E-state index in [1.54, 1.807) is 6.20 Å². The van der Waals surface area contributed by atoms with Crippen molar-refractivity contribution >= 4 is 16.9 Å². The summed E-state index contributed by atoms with van der Waals surface area (Å²) < 4.78 is 7.28. The molecule has 2 aromatic rings.